The zero-order valence-electron chi connectivity index (χ0n) is 9.20. The number of aliphatic imine (C=N–C) groups is 2. The molecule has 0 unspecified atom stereocenters. The van der Waals surface area contributed by atoms with E-state index < -0.39 is 5.97 Å². The van der Waals surface area contributed by atoms with Crippen molar-refractivity contribution in [3.05, 3.63) is 23.8 Å². The molecule has 0 spiro atoms. The zero-order valence-corrected chi connectivity index (χ0v) is 10.0. The third-order valence-electron chi connectivity index (χ3n) is 1.67. The Morgan fingerprint density at radius 3 is 1.61 bits per heavy atom. The molecule has 9 heteroatoms. The first-order chi connectivity index (χ1) is 7.88. The minimum absolute atomic E-state index is 0. The van der Waals surface area contributed by atoms with Crippen molar-refractivity contribution in [2.75, 3.05) is 0 Å². The maximum absolute atomic E-state index is 10.9. The van der Waals surface area contributed by atoms with E-state index in [2.05, 4.69) is 9.98 Å². The number of carboxylic acids is 1. The molecule has 1 aromatic rings. The third kappa shape index (κ3) is 4.58. The van der Waals surface area contributed by atoms with E-state index >= 15 is 0 Å². The molecule has 1 rings (SSSR count). The van der Waals surface area contributed by atoms with Gasteiger partial charge in [0.1, 0.15) is 0 Å². The van der Waals surface area contributed by atoms with Gasteiger partial charge in [-0.05, 0) is 18.2 Å². The molecule has 0 bridgehead atoms. The molecule has 0 radical (unpaired) electrons. The van der Waals surface area contributed by atoms with Gasteiger partial charge >= 0.3 is 5.97 Å². The monoisotopic (exact) mass is 272 g/mol. The van der Waals surface area contributed by atoms with Gasteiger partial charge in [-0.1, -0.05) is 0 Å². The van der Waals surface area contributed by atoms with E-state index in [9.17, 15) is 4.79 Å². The highest BCUT2D eigenvalue weighted by Gasteiger charge is 2.06. The van der Waals surface area contributed by atoms with Gasteiger partial charge in [-0.15, -0.1) is 12.4 Å². The summed E-state index contributed by atoms with van der Waals surface area (Å²) in [5.41, 5.74) is 21.3. The summed E-state index contributed by atoms with van der Waals surface area (Å²) in [6.07, 6.45) is 0. The van der Waals surface area contributed by atoms with Crippen LogP contribution in [-0.4, -0.2) is 23.0 Å². The number of hydrogen-bond acceptors (Lipinski definition) is 3. The summed E-state index contributed by atoms with van der Waals surface area (Å²) in [5, 5.41) is 8.88. The number of rotatable bonds is 3. The van der Waals surface area contributed by atoms with Gasteiger partial charge < -0.3 is 28.0 Å². The Kier molecular flexibility index (Phi) is 5.43. The molecule has 1 aromatic carbocycles. The second-order valence-corrected chi connectivity index (χ2v) is 3.12. The molecule has 0 aliphatic heterocycles. The number of nitrogens with two attached hydrogens (primary N) is 4. The summed E-state index contributed by atoms with van der Waals surface area (Å²) in [6, 6.07) is 4.05. The summed E-state index contributed by atoms with van der Waals surface area (Å²) >= 11 is 0. The molecule has 9 N–H and O–H groups in total. The van der Waals surface area contributed by atoms with E-state index in [1.807, 2.05) is 0 Å². The van der Waals surface area contributed by atoms with Crippen LogP contribution in [0.4, 0.5) is 11.4 Å². The normalized spacial score (nSPS) is 8.89. The fourth-order valence-corrected chi connectivity index (χ4v) is 1.15. The average molecular weight is 273 g/mol. The molecule has 0 aliphatic rings. The lowest BCUT2D eigenvalue weighted by atomic mass is 10.2. The van der Waals surface area contributed by atoms with Gasteiger partial charge in [-0.25, -0.2) is 14.8 Å². The van der Waals surface area contributed by atoms with Gasteiger partial charge in [-0.2, -0.15) is 0 Å². The van der Waals surface area contributed by atoms with Crippen molar-refractivity contribution in [3.8, 4) is 0 Å². The summed E-state index contributed by atoms with van der Waals surface area (Å²) in [6.45, 7) is 0. The highest BCUT2D eigenvalue weighted by atomic mass is 35.5. The first-order valence-corrected chi connectivity index (χ1v) is 4.46. The van der Waals surface area contributed by atoms with Crippen LogP contribution in [0.1, 0.15) is 10.4 Å². The van der Waals surface area contributed by atoms with Crippen LogP contribution in [0.25, 0.3) is 0 Å². The van der Waals surface area contributed by atoms with Crippen LogP contribution in [-0.2, 0) is 0 Å². The van der Waals surface area contributed by atoms with Gasteiger partial charge in [-0.3, -0.25) is 0 Å². The van der Waals surface area contributed by atoms with Crippen molar-refractivity contribution >= 4 is 41.7 Å². The number of aromatic carboxylic acids is 1. The van der Waals surface area contributed by atoms with E-state index in [-0.39, 0.29) is 41.3 Å². The lowest BCUT2D eigenvalue weighted by Crippen LogP contribution is -2.22. The van der Waals surface area contributed by atoms with Crippen LogP contribution in [0.3, 0.4) is 0 Å². The Balaban J connectivity index is 0.00000289. The molecule has 0 saturated carbocycles. The molecule has 0 fully saturated rings. The van der Waals surface area contributed by atoms with Gasteiger partial charge in [0.05, 0.1) is 16.9 Å². The molecule has 98 valence electrons. The smallest absolute Gasteiger partial charge is 0.335 e. The standard InChI is InChI=1S/C9H12N6O2.ClH/c10-8(11)14-5-1-4(7(16)17)2-6(3-5)15-9(12)13;/h1-3H,(H,16,17)(H4,10,11,14)(H4,12,13,15);1H. The van der Waals surface area contributed by atoms with E-state index in [1.165, 1.54) is 18.2 Å². The summed E-state index contributed by atoms with van der Waals surface area (Å²) in [4.78, 5) is 18.3. The highest BCUT2D eigenvalue weighted by Crippen LogP contribution is 2.23. The minimum atomic E-state index is -1.13. The van der Waals surface area contributed by atoms with Crippen molar-refractivity contribution < 1.29 is 9.90 Å². The highest BCUT2D eigenvalue weighted by molar-refractivity contribution is 5.91. The Hall–Kier alpha value is -2.48. The van der Waals surface area contributed by atoms with Crippen LogP contribution in [0.5, 0.6) is 0 Å². The largest absolute Gasteiger partial charge is 0.478 e. The van der Waals surface area contributed by atoms with Crippen LogP contribution in [0.2, 0.25) is 0 Å². The molecule has 0 aliphatic carbocycles. The van der Waals surface area contributed by atoms with Gasteiger partial charge in [0, 0.05) is 0 Å². The van der Waals surface area contributed by atoms with Crippen molar-refractivity contribution in [1.82, 2.24) is 0 Å². The summed E-state index contributed by atoms with van der Waals surface area (Å²) in [5.74, 6) is -1.52. The Morgan fingerprint density at radius 2 is 1.33 bits per heavy atom. The molecule has 0 atom stereocenters. The maximum atomic E-state index is 10.9. The van der Waals surface area contributed by atoms with Crippen LogP contribution < -0.4 is 22.9 Å². The van der Waals surface area contributed by atoms with Crippen LogP contribution in [0.15, 0.2) is 28.2 Å². The molecule has 0 heterocycles. The molecule has 0 amide bonds. The van der Waals surface area contributed by atoms with Gasteiger partial charge in [0.2, 0.25) is 0 Å². The van der Waals surface area contributed by atoms with E-state index in [4.69, 9.17) is 28.0 Å². The molecular weight excluding hydrogens is 260 g/mol. The fourth-order valence-electron chi connectivity index (χ4n) is 1.15. The van der Waals surface area contributed by atoms with Gasteiger partial charge in [0.25, 0.3) is 0 Å². The maximum Gasteiger partial charge on any atom is 0.335 e. The predicted molar refractivity (Wildman–Crippen MR) is 71.6 cm³/mol. The minimum Gasteiger partial charge on any atom is -0.478 e. The third-order valence-corrected chi connectivity index (χ3v) is 1.67. The van der Waals surface area contributed by atoms with E-state index in [0.29, 0.717) is 0 Å². The number of hydrogen-bond donors (Lipinski definition) is 5. The first-order valence-electron chi connectivity index (χ1n) is 4.46. The quantitative estimate of drug-likeness (QED) is 0.371. The average Bonchev–Trinajstić information content (AvgIpc) is 2.14. The fraction of sp³-hybridized carbons (Fsp3) is 0. The van der Waals surface area contributed by atoms with Crippen LogP contribution >= 0.6 is 12.4 Å². The molecule has 0 saturated heterocycles. The Labute approximate surface area is 109 Å². The number of carbonyl (C=O) groups is 1. The lowest BCUT2D eigenvalue weighted by molar-refractivity contribution is 0.0697. The second kappa shape index (κ2) is 6.30. The number of benzene rings is 1. The topological polar surface area (TPSA) is 166 Å². The zero-order chi connectivity index (χ0) is 13.0. The Morgan fingerprint density at radius 1 is 0.944 bits per heavy atom. The summed E-state index contributed by atoms with van der Waals surface area (Å²) in [7, 11) is 0. The first kappa shape index (κ1) is 15.5. The van der Waals surface area contributed by atoms with Crippen LogP contribution in [0, 0.1) is 0 Å². The van der Waals surface area contributed by atoms with Crippen molar-refractivity contribution in [2.24, 2.45) is 32.9 Å². The van der Waals surface area contributed by atoms with Crippen molar-refractivity contribution in [2.45, 2.75) is 0 Å². The van der Waals surface area contributed by atoms with E-state index in [1.54, 1.807) is 0 Å². The SMILES string of the molecule is Cl.NC(N)=Nc1cc(N=C(N)N)cc(C(=O)O)c1. The van der Waals surface area contributed by atoms with E-state index in [0.717, 1.165) is 0 Å². The van der Waals surface area contributed by atoms with Crippen molar-refractivity contribution in [3.63, 3.8) is 0 Å². The molecule has 18 heavy (non-hydrogen) atoms. The number of halogens is 1. The second-order valence-electron chi connectivity index (χ2n) is 3.12. The predicted octanol–water partition coefficient (Wildman–Crippen LogP) is -0.384. The Bertz CT molecular complexity index is 470. The summed E-state index contributed by atoms with van der Waals surface area (Å²) < 4.78 is 0. The molecule has 0 aromatic heterocycles. The molecular formula is C9H13ClN6O2. The number of carboxylic acid groups (broad SMARTS) is 1. The number of guanidine groups is 2. The number of nitrogens with zero attached hydrogens (tertiary/aromatic N) is 2. The molecule has 8 nitrogen and oxygen atoms in total. The van der Waals surface area contributed by atoms with Crippen molar-refractivity contribution in [1.29, 1.82) is 0 Å². The van der Waals surface area contributed by atoms with Gasteiger partial charge in [0.15, 0.2) is 11.9 Å². The lowest BCUT2D eigenvalue weighted by Gasteiger charge is -2.01.